The van der Waals surface area contributed by atoms with E-state index < -0.39 is 15.3 Å². The molecule has 10 heteroatoms. The third-order valence-corrected chi connectivity index (χ3v) is 9.84. The first-order valence-electron chi connectivity index (χ1n) is 12.8. The van der Waals surface area contributed by atoms with E-state index in [1.54, 1.807) is 30.5 Å². The van der Waals surface area contributed by atoms with Crippen LogP contribution in [-0.4, -0.2) is 46.8 Å². The van der Waals surface area contributed by atoms with Crippen LogP contribution < -0.4 is 0 Å². The van der Waals surface area contributed by atoms with E-state index in [9.17, 15) is 13.2 Å². The number of piperidine rings is 1. The zero-order chi connectivity index (χ0) is 26.8. The summed E-state index contributed by atoms with van der Waals surface area (Å²) >= 11 is 1.17. The highest BCUT2D eigenvalue weighted by molar-refractivity contribution is 8.00. The number of sulfonamides is 1. The molecule has 5 aromatic rings. The van der Waals surface area contributed by atoms with Crippen molar-refractivity contribution < 1.29 is 17.6 Å². The number of nitrogens with zero attached hydrogens (tertiary/aromatic N) is 3. The fraction of sp³-hybridized carbons (Fsp3) is 0.207. The molecular weight excluding hydrogens is 532 g/mol. The SMILES string of the molecule is O=C(c1c[nH]c2ccccc12)[C@H](Sc1nnc(-c2cccc(S(=O)(=O)N3CCCCC3)c2)o1)c1ccccc1. The van der Waals surface area contributed by atoms with Gasteiger partial charge in [0.25, 0.3) is 5.22 Å². The molecule has 198 valence electrons. The maximum absolute atomic E-state index is 13.8. The second-order valence-corrected chi connectivity index (χ2v) is 12.4. The number of rotatable bonds is 8. The summed E-state index contributed by atoms with van der Waals surface area (Å²) in [5.74, 6) is 0.109. The predicted octanol–water partition coefficient (Wildman–Crippen LogP) is 6.11. The van der Waals surface area contributed by atoms with Gasteiger partial charge in [0.1, 0.15) is 5.25 Å². The quantitative estimate of drug-likeness (QED) is 0.181. The lowest BCUT2D eigenvalue weighted by molar-refractivity contribution is 0.0990. The molecule has 0 unspecified atom stereocenters. The van der Waals surface area contributed by atoms with E-state index >= 15 is 0 Å². The van der Waals surface area contributed by atoms with Crippen molar-refractivity contribution in [2.45, 2.75) is 34.6 Å². The Morgan fingerprint density at radius 2 is 1.69 bits per heavy atom. The molecule has 2 aromatic heterocycles. The highest BCUT2D eigenvalue weighted by Crippen LogP contribution is 2.39. The lowest BCUT2D eigenvalue weighted by Gasteiger charge is -2.25. The summed E-state index contributed by atoms with van der Waals surface area (Å²) < 4.78 is 33.8. The Bertz CT molecular complexity index is 1720. The number of carbonyl (C=O) groups is 1. The summed E-state index contributed by atoms with van der Waals surface area (Å²) in [5.41, 5.74) is 2.79. The highest BCUT2D eigenvalue weighted by atomic mass is 32.2. The Morgan fingerprint density at radius 1 is 0.923 bits per heavy atom. The van der Waals surface area contributed by atoms with Gasteiger partial charge in [0.15, 0.2) is 5.78 Å². The molecule has 8 nitrogen and oxygen atoms in total. The van der Waals surface area contributed by atoms with E-state index in [0.717, 1.165) is 35.7 Å². The normalized spacial score (nSPS) is 15.4. The van der Waals surface area contributed by atoms with E-state index in [2.05, 4.69) is 15.2 Å². The minimum Gasteiger partial charge on any atom is -0.411 e. The number of carbonyl (C=O) groups excluding carboxylic acids is 1. The molecule has 1 fully saturated rings. The van der Waals surface area contributed by atoms with E-state index in [0.29, 0.717) is 24.2 Å². The van der Waals surface area contributed by atoms with Gasteiger partial charge < -0.3 is 9.40 Å². The fourth-order valence-corrected chi connectivity index (χ4v) is 7.34. The molecule has 3 aromatic carbocycles. The van der Waals surface area contributed by atoms with Gasteiger partial charge >= 0.3 is 0 Å². The standard InChI is InChI=1S/C29H26N4O4S2/c34-26(24-19-30-25-15-6-5-14-23(24)25)27(20-10-3-1-4-11-20)38-29-32-31-28(37-29)21-12-9-13-22(18-21)39(35,36)33-16-7-2-8-17-33/h1,3-6,9-15,18-19,27,30H,2,7-8,16-17H2/t27-/m1/s1. The molecule has 0 spiro atoms. The number of ketones is 1. The number of thioether (sulfide) groups is 1. The van der Waals surface area contributed by atoms with Gasteiger partial charge in [-0.15, -0.1) is 10.2 Å². The van der Waals surface area contributed by atoms with Crippen LogP contribution in [0, 0.1) is 0 Å². The van der Waals surface area contributed by atoms with Crippen molar-refractivity contribution in [1.29, 1.82) is 0 Å². The van der Waals surface area contributed by atoms with E-state index in [4.69, 9.17) is 4.42 Å². The molecule has 1 N–H and O–H groups in total. The number of H-pyrrole nitrogens is 1. The van der Waals surface area contributed by atoms with Crippen molar-refractivity contribution in [1.82, 2.24) is 19.5 Å². The first-order chi connectivity index (χ1) is 19.0. The Balaban J connectivity index is 1.29. The van der Waals surface area contributed by atoms with Gasteiger partial charge in [-0.2, -0.15) is 4.31 Å². The van der Waals surface area contributed by atoms with E-state index in [-0.39, 0.29) is 21.8 Å². The minimum absolute atomic E-state index is 0.0852. The molecule has 0 amide bonds. The molecule has 1 aliphatic heterocycles. The smallest absolute Gasteiger partial charge is 0.277 e. The monoisotopic (exact) mass is 558 g/mol. The molecule has 0 radical (unpaired) electrons. The highest BCUT2D eigenvalue weighted by Gasteiger charge is 2.29. The summed E-state index contributed by atoms with van der Waals surface area (Å²) in [7, 11) is -3.60. The van der Waals surface area contributed by atoms with Crippen LogP contribution in [0.1, 0.15) is 40.4 Å². The Kier molecular flexibility index (Phi) is 7.07. The van der Waals surface area contributed by atoms with Crippen molar-refractivity contribution in [2.24, 2.45) is 0 Å². The molecule has 1 atom stereocenters. The lowest BCUT2D eigenvalue weighted by atomic mass is 10.0. The van der Waals surface area contributed by atoms with Crippen LogP contribution in [0.25, 0.3) is 22.4 Å². The van der Waals surface area contributed by atoms with Gasteiger partial charge in [-0.1, -0.05) is 61.0 Å². The maximum atomic E-state index is 13.8. The molecule has 39 heavy (non-hydrogen) atoms. The van der Waals surface area contributed by atoms with Crippen LogP contribution in [0.2, 0.25) is 0 Å². The molecule has 0 saturated carbocycles. The van der Waals surface area contributed by atoms with Crippen molar-refractivity contribution in [3.05, 3.63) is 96.2 Å². The number of Topliss-reactive ketones (excluding diaryl/α,β-unsaturated/α-hetero) is 1. The van der Waals surface area contributed by atoms with Gasteiger partial charge in [-0.05, 0) is 54.4 Å². The Morgan fingerprint density at radius 3 is 2.51 bits per heavy atom. The fourth-order valence-electron chi connectivity index (χ4n) is 4.84. The number of benzene rings is 3. The Hall–Kier alpha value is -3.73. The summed E-state index contributed by atoms with van der Waals surface area (Å²) in [6, 6.07) is 23.7. The molecule has 6 rings (SSSR count). The maximum Gasteiger partial charge on any atom is 0.277 e. The molecule has 3 heterocycles. The van der Waals surface area contributed by atoms with Gasteiger partial charge in [-0.25, -0.2) is 8.42 Å². The first kappa shape index (κ1) is 25.5. The number of fused-ring (bicyclic) bond motifs is 1. The number of aromatic amines is 1. The van der Waals surface area contributed by atoms with Gasteiger partial charge in [0.05, 0.1) is 4.90 Å². The van der Waals surface area contributed by atoms with Gasteiger partial charge in [0.2, 0.25) is 15.9 Å². The zero-order valence-corrected chi connectivity index (χ0v) is 22.6. The zero-order valence-electron chi connectivity index (χ0n) is 21.0. The number of para-hydroxylation sites is 1. The lowest BCUT2D eigenvalue weighted by Crippen LogP contribution is -2.35. The Labute approximate surface area is 230 Å². The molecule has 1 saturated heterocycles. The average Bonchev–Trinajstić information content (AvgIpc) is 3.64. The molecule has 0 aliphatic carbocycles. The van der Waals surface area contributed by atoms with E-state index in [1.807, 2.05) is 54.6 Å². The topological polar surface area (TPSA) is 109 Å². The number of aromatic nitrogens is 3. The summed E-state index contributed by atoms with van der Waals surface area (Å²) in [6.45, 7) is 1.05. The predicted molar refractivity (Wildman–Crippen MR) is 150 cm³/mol. The summed E-state index contributed by atoms with van der Waals surface area (Å²) in [4.78, 5) is 17.2. The number of hydrogen-bond acceptors (Lipinski definition) is 7. The third kappa shape index (κ3) is 5.15. The van der Waals surface area contributed by atoms with Gasteiger partial charge in [0, 0.05) is 41.3 Å². The van der Waals surface area contributed by atoms with Crippen LogP contribution >= 0.6 is 11.8 Å². The van der Waals surface area contributed by atoms with E-state index in [1.165, 1.54) is 16.1 Å². The van der Waals surface area contributed by atoms with Crippen LogP contribution in [0.5, 0.6) is 0 Å². The van der Waals surface area contributed by atoms with Crippen molar-refractivity contribution >= 4 is 38.5 Å². The second kappa shape index (κ2) is 10.8. The average molecular weight is 559 g/mol. The largest absolute Gasteiger partial charge is 0.411 e. The molecule has 0 bridgehead atoms. The van der Waals surface area contributed by atoms with Crippen LogP contribution in [0.4, 0.5) is 0 Å². The first-order valence-corrected chi connectivity index (χ1v) is 15.1. The van der Waals surface area contributed by atoms with Crippen molar-refractivity contribution in [2.75, 3.05) is 13.1 Å². The van der Waals surface area contributed by atoms with Crippen LogP contribution in [0.15, 0.2) is 99.6 Å². The summed E-state index contributed by atoms with van der Waals surface area (Å²) in [6.07, 6.45) is 4.50. The van der Waals surface area contributed by atoms with Crippen LogP contribution in [-0.2, 0) is 10.0 Å². The van der Waals surface area contributed by atoms with Crippen molar-refractivity contribution in [3.8, 4) is 11.5 Å². The number of nitrogens with one attached hydrogen (secondary N) is 1. The second-order valence-electron chi connectivity index (χ2n) is 9.39. The molecule has 1 aliphatic rings. The number of hydrogen-bond donors (Lipinski definition) is 1. The minimum atomic E-state index is -3.60. The third-order valence-electron chi connectivity index (χ3n) is 6.85. The van der Waals surface area contributed by atoms with Crippen molar-refractivity contribution in [3.63, 3.8) is 0 Å². The summed E-state index contributed by atoms with van der Waals surface area (Å²) in [5, 5.41) is 8.82. The molecular formula is C29H26N4O4S2. The van der Waals surface area contributed by atoms with Gasteiger partial charge in [-0.3, -0.25) is 4.79 Å². The van der Waals surface area contributed by atoms with Crippen LogP contribution in [0.3, 0.4) is 0 Å².